The fourth-order valence-electron chi connectivity index (χ4n) is 6.96. The lowest BCUT2D eigenvalue weighted by molar-refractivity contribution is 0.622. The molecule has 212 valence electrons. The first-order valence-corrected chi connectivity index (χ1v) is 15.5. The number of hydrogen-bond acceptors (Lipinski definition) is 2. The standard InChI is InChI=1S/C41H38N2/c1-28(2)32-19-9-11-25-38(32)42-27-43(39-26-12-10-20-33(39)29(3)4)41(37-24-14-18-31-16-6-8-22-35(31)37)40(42)36-23-13-17-30-15-5-7-21-34(30)36/h5-26,28-29,40-41H,1-4H3. The van der Waals surface area contributed by atoms with E-state index >= 15 is 0 Å². The van der Waals surface area contributed by atoms with Gasteiger partial charge < -0.3 is 9.80 Å². The van der Waals surface area contributed by atoms with Crippen LogP contribution in [0, 0.1) is 6.67 Å². The summed E-state index contributed by atoms with van der Waals surface area (Å²) in [6.45, 7) is 13.2. The molecule has 7 rings (SSSR count). The number of nitrogens with zero attached hydrogens (tertiary/aromatic N) is 2. The van der Waals surface area contributed by atoms with E-state index in [0.717, 1.165) is 0 Å². The van der Waals surface area contributed by atoms with E-state index in [4.69, 9.17) is 0 Å². The second kappa shape index (κ2) is 11.3. The van der Waals surface area contributed by atoms with E-state index in [2.05, 4.69) is 178 Å². The Bertz CT molecular complexity index is 1750. The fraction of sp³-hybridized carbons (Fsp3) is 0.195. The van der Waals surface area contributed by atoms with Crippen LogP contribution in [-0.4, -0.2) is 0 Å². The Kier molecular flexibility index (Phi) is 7.15. The van der Waals surface area contributed by atoms with Gasteiger partial charge in [-0.15, -0.1) is 0 Å². The number of anilines is 2. The molecule has 0 bridgehead atoms. The van der Waals surface area contributed by atoms with Crippen LogP contribution in [0.1, 0.15) is 73.9 Å². The molecular weight excluding hydrogens is 520 g/mol. The first-order chi connectivity index (χ1) is 21.0. The zero-order valence-electron chi connectivity index (χ0n) is 25.4. The topological polar surface area (TPSA) is 6.48 Å². The van der Waals surface area contributed by atoms with E-state index in [1.165, 1.54) is 55.2 Å². The Morgan fingerprint density at radius 3 is 1.26 bits per heavy atom. The maximum absolute atomic E-state index is 4.01. The molecule has 6 aromatic carbocycles. The van der Waals surface area contributed by atoms with Crippen molar-refractivity contribution in [3.63, 3.8) is 0 Å². The van der Waals surface area contributed by atoms with Gasteiger partial charge >= 0.3 is 0 Å². The third kappa shape index (κ3) is 4.76. The highest BCUT2D eigenvalue weighted by Crippen LogP contribution is 2.54. The molecule has 2 atom stereocenters. The third-order valence-corrected chi connectivity index (χ3v) is 8.99. The van der Waals surface area contributed by atoms with E-state index in [9.17, 15) is 0 Å². The quantitative estimate of drug-likeness (QED) is 0.201. The van der Waals surface area contributed by atoms with Gasteiger partial charge in [0.15, 0.2) is 0 Å². The van der Waals surface area contributed by atoms with Gasteiger partial charge in [-0.2, -0.15) is 0 Å². The summed E-state index contributed by atoms with van der Waals surface area (Å²) in [6, 6.07) is 48.9. The van der Waals surface area contributed by atoms with Crippen LogP contribution in [0.3, 0.4) is 0 Å². The van der Waals surface area contributed by atoms with Crippen LogP contribution in [0.2, 0.25) is 0 Å². The molecule has 1 heterocycles. The van der Waals surface area contributed by atoms with Crippen molar-refractivity contribution in [2.75, 3.05) is 9.80 Å². The Labute approximate surface area is 256 Å². The molecule has 1 aliphatic rings. The third-order valence-electron chi connectivity index (χ3n) is 8.99. The second-order valence-corrected chi connectivity index (χ2v) is 12.3. The molecule has 6 aromatic rings. The molecule has 0 spiro atoms. The van der Waals surface area contributed by atoms with Crippen LogP contribution >= 0.6 is 0 Å². The summed E-state index contributed by atoms with van der Waals surface area (Å²) in [5.74, 6) is 0.748. The first-order valence-electron chi connectivity index (χ1n) is 15.5. The lowest BCUT2D eigenvalue weighted by atomic mass is 9.86. The average Bonchev–Trinajstić information content (AvgIpc) is 3.44. The molecule has 43 heavy (non-hydrogen) atoms. The minimum Gasteiger partial charge on any atom is -0.331 e. The highest BCUT2D eigenvalue weighted by atomic mass is 15.4. The number of fused-ring (bicyclic) bond motifs is 2. The van der Waals surface area contributed by atoms with Gasteiger partial charge in [0.25, 0.3) is 0 Å². The molecule has 2 radical (unpaired) electrons. The largest absolute Gasteiger partial charge is 0.331 e. The molecule has 1 fully saturated rings. The predicted octanol–water partition coefficient (Wildman–Crippen LogP) is 11.0. The summed E-state index contributed by atoms with van der Waals surface area (Å²) >= 11 is 0. The van der Waals surface area contributed by atoms with Gasteiger partial charge in [0.05, 0.1) is 12.1 Å². The summed E-state index contributed by atoms with van der Waals surface area (Å²) in [6.07, 6.45) is 0. The van der Waals surface area contributed by atoms with Gasteiger partial charge in [-0.1, -0.05) is 149 Å². The van der Waals surface area contributed by atoms with Gasteiger partial charge in [-0.25, -0.2) is 0 Å². The highest BCUT2D eigenvalue weighted by Gasteiger charge is 2.46. The summed E-state index contributed by atoms with van der Waals surface area (Å²) < 4.78 is 0. The van der Waals surface area contributed by atoms with Crippen LogP contribution in [0.25, 0.3) is 21.5 Å². The van der Waals surface area contributed by atoms with E-state index in [1.54, 1.807) is 0 Å². The first kappa shape index (κ1) is 27.3. The SMILES string of the molecule is CC(C)c1ccccc1N1[C]N(c2ccccc2C(C)C)C(c2cccc3ccccc23)C1c1cccc2ccccc12. The molecule has 2 heteroatoms. The Morgan fingerprint density at radius 2 is 0.814 bits per heavy atom. The van der Waals surface area contributed by atoms with Crippen molar-refractivity contribution >= 4 is 32.9 Å². The molecule has 0 amide bonds. The molecule has 2 nitrogen and oxygen atoms in total. The van der Waals surface area contributed by atoms with Gasteiger partial charge in [-0.3, -0.25) is 0 Å². The maximum atomic E-state index is 4.01. The van der Waals surface area contributed by atoms with E-state index in [0.29, 0.717) is 11.8 Å². The van der Waals surface area contributed by atoms with Crippen molar-refractivity contribution in [3.05, 3.63) is 162 Å². The van der Waals surface area contributed by atoms with Crippen LogP contribution in [0.5, 0.6) is 0 Å². The molecule has 1 saturated heterocycles. The fourth-order valence-corrected chi connectivity index (χ4v) is 6.96. The zero-order valence-corrected chi connectivity index (χ0v) is 25.4. The van der Waals surface area contributed by atoms with Crippen molar-refractivity contribution in [2.24, 2.45) is 0 Å². The van der Waals surface area contributed by atoms with Gasteiger partial charge in [0, 0.05) is 11.4 Å². The number of rotatable bonds is 6. The Morgan fingerprint density at radius 1 is 0.442 bits per heavy atom. The summed E-state index contributed by atoms with van der Waals surface area (Å²) in [7, 11) is 0. The van der Waals surface area contributed by atoms with Crippen molar-refractivity contribution in [3.8, 4) is 0 Å². The highest BCUT2D eigenvalue weighted by molar-refractivity contribution is 5.90. The monoisotopic (exact) mass is 558 g/mol. The lowest BCUT2D eigenvalue weighted by Crippen LogP contribution is -2.25. The summed E-state index contributed by atoms with van der Waals surface area (Å²) in [5, 5.41) is 5.09. The van der Waals surface area contributed by atoms with Crippen LogP contribution < -0.4 is 9.80 Å². The van der Waals surface area contributed by atoms with E-state index in [-0.39, 0.29) is 12.1 Å². The van der Waals surface area contributed by atoms with Crippen molar-refractivity contribution in [2.45, 2.75) is 51.6 Å². The van der Waals surface area contributed by atoms with Crippen molar-refractivity contribution in [1.29, 1.82) is 0 Å². The Balaban J connectivity index is 1.57. The minimum absolute atomic E-state index is 0.0166. The van der Waals surface area contributed by atoms with E-state index < -0.39 is 0 Å². The summed E-state index contributed by atoms with van der Waals surface area (Å²) in [4.78, 5) is 4.89. The molecule has 0 aliphatic carbocycles. The second-order valence-electron chi connectivity index (χ2n) is 12.3. The molecule has 0 N–H and O–H groups in total. The Hall–Kier alpha value is -4.56. The van der Waals surface area contributed by atoms with Crippen LogP contribution in [-0.2, 0) is 0 Å². The molecule has 0 saturated carbocycles. The van der Waals surface area contributed by atoms with Gasteiger partial charge in [0.2, 0.25) is 6.67 Å². The van der Waals surface area contributed by atoms with Crippen molar-refractivity contribution in [1.82, 2.24) is 0 Å². The zero-order chi connectivity index (χ0) is 29.5. The van der Waals surface area contributed by atoms with Crippen LogP contribution in [0.15, 0.2) is 133 Å². The molecule has 1 aliphatic heterocycles. The number of benzene rings is 6. The summed E-state index contributed by atoms with van der Waals surface area (Å²) in [5.41, 5.74) is 7.71. The lowest BCUT2D eigenvalue weighted by Gasteiger charge is -2.33. The molecule has 0 aromatic heterocycles. The smallest absolute Gasteiger partial charge is 0.210 e. The number of hydrogen-bond donors (Lipinski definition) is 0. The number of para-hydroxylation sites is 2. The van der Waals surface area contributed by atoms with Gasteiger partial charge in [-0.05, 0) is 67.8 Å². The minimum atomic E-state index is -0.0166. The van der Waals surface area contributed by atoms with E-state index in [1.807, 2.05) is 0 Å². The van der Waals surface area contributed by atoms with Crippen LogP contribution in [0.4, 0.5) is 11.4 Å². The average molecular weight is 559 g/mol. The molecular formula is C41H38N2. The normalized spacial score (nSPS) is 17.1. The predicted molar refractivity (Wildman–Crippen MR) is 183 cm³/mol. The van der Waals surface area contributed by atoms with Crippen molar-refractivity contribution < 1.29 is 0 Å². The molecule has 2 unspecified atom stereocenters. The van der Waals surface area contributed by atoms with Gasteiger partial charge in [0.1, 0.15) is 0 Å². The maximum Gasteiger partial charge on any atom is 0.210 e.